The lowest BCUT2D eigenvalue weighted by Crippen LogP contribution is -2.36. The van der Waals surface area contributed by atoms with Crippen LogP contribution < -0.4 is 5.32 Å². The summed E-state index contributed by atoms with van der Waals surface area (Å²) in [6.07, 6.45) is 3.15. The van der Waals surface area contributed by atoms with Gasteiger partial charge in [0.1, 0.15) is 6.54 Å². The van der Waals surface area contributed by atoms with Crippen molar-refractivity contribution in [1.29, 1.82) is 0 Å². The minimum absolute atomic E-state index is 0.0543. The van der Waals surface area contributed by atoms with E-state index in [1.54, 1.807) is 36.5 Å². The number of rotatable bonds is 5. The van der Waals surface area contributed by atoms with E-state index >= 15 is 0 Å². The topological polar surface area (TPSA) is 84.2 Å². The van der Waals surface area contributed by atoms with E-state index < -0.39 is 17.9 Å². The van der Waals surface area contributed by atoms with E-state index in [1.807, 2.05) is 0 Å². The molecule has 2 N–H and O–H groups in total. The van der Waals surface area contributed by atoms with Crippen LogP contribution >= 0.6 is 11.6 Å². The molecule has 1 aromatic heterocycles. The number of carbonyl (C=O) groups is 2. The number of amides is 1. The summed E-state index contributed by atoms with van der Waals surface area (Å²) in [5.74, 6) is -1.63. The van der Waals surface area contributed by atoms with Gasteiger partial charge in [-0.15, -0.1) is 0 Å². The van der Waals surface area contributed by atoms with E-state index in [0.717, 1.165) is 0 Å². The van der Waals surface area contributed by atoms with E-state index in [1.165, 1.54) is 10.9 Å². The number of benzene rings is 1. The summed E-state index contributed by atoms with van der Waals surface area (Å²) in [7, 11) is 0. The van der Waals surface area contributed by atoms with Crippen molar-refractivity contribution in [1.82, 2.24) is 15.1 Å². The average Bonchev–Trinajstić information content (AvgIpc) is 2.89. The van der Waals surface area contributed by atoms with Gasteiger partial charge < -0.3 is 10.4 Å². The fourth-order valence-corrected chi connectivity index (χ4v) is 1.97. The Labute approximate surface area is 120 Å². The highest BCUT2D eigenvalue weighted by molar-refractivity contribution is 6.31. The van der Waals surface area contributed by atoms with Gasteiger partial charge in [-0.3, -0.25) is 9.48 Å². The fourth-order valence-electron chi connectivity index (χ4n) is 1.73. The maximum atomic E-state index is 11.8. The zero-order valence-electron chi connectivity index (χ0n) is 10.4. The summed E-state index contributed by atoms with van der Waals surface area (Å²) < 4.78 is 1.40. The largest absolute Gasteiger partial charge is 0.479 e. The molecule has 0 spiro atoms. The molecule has 20 heavy (non-hydrogen) atoms. The predicted molar refractivity (Wildman–Crippen MR) is 72.2 cm³/mol. The molecular weight excluding hydrogens is 282 g/mol. The summed E-state index contributed by atoms with van der Waals surface area (Å²) in [6, 6.07) is 6.98. The second kappa shape index (κ2) is 6.21. The fraction of sp³-hybridized carbons (Fsp3) is 0.154. The molecule has 1 atom stereocenters. The Morgan fingerprint density at radius 3 is 2.70 bits per heavy atom. The van der Waals surface area contributed by atoms with E-state index in [0.29, 0.717) is 10.6 Å². The Kier molecular flexibility index (Phi) is 4.37. The Bertz CT molecular complexity index is 613. The van der Waals surface area contributed by atoms with Crippen LogP contribution in [0.5, 0.6) is 0 Å². The molecule has 0 fully saturated rings. The van der Waals surface area contributed by atoms with Crippen molar-refractivity contribution in [3.05, 3.63) is 53.3 Å². The third kappa shape index (κ3) is 3.36. The first-order valence-corrected chi connectivity index (χ1v) is 6.20. The molecule has 1 amide bonds. The van der Waals surface area contributed by atoms with Gasteiger partial charge in [0.05, 0.1) is 0 Å². The number of carboxylic acids is 1. The van der Waals surface area contributed by atoms with Gasteiger partial charge >= 0.3 is 5.97 Å². The molecule has 0 aliphatic carbocycles. The molecule has 0 bridgehead atoms. The molecule has 1 heterocycles. The van der Waals surface area contributed by atoms with Crippen molar-refractivity contribution in [3.63, 3.8) is 0 Å². The molecule has 0 radical (unpaired) electrons. The van der Waals surface area contributed by atoms with Crippen LogP contribution in [0.1, 0.15) is 11.6 Å². The summed E-state index contributed by atoms with van der Waals surface area (Å²) in [5.41, 5.74) is 0.343. The quantitative estimate of drug-likeness (QED) is 0.874. The Morgan fingerprint density at radius 1 is 1.35 bits per heavy atom. The Morgan fingerprint density at radius 2 is 2.10 bits per heavy atom. The van der Waals surface area contributed by atoms with Crippen LogP contribution in [-0.4, -0.2) is 26.8 Å². The highest BCUT2D eigenvalue weighted by Gasteiger charge is 2.24. The minimum Gasteiger partial charge on any atom is -0.479 e. The van der Waals surface area contributed by atoms with Crippen LogP contribution in [0.25, 0.3) is 0 Å². The predicted octanol–water partition coefficient (Wildman–Crippen LogP) is 1.48. The normalized spacial score (nSPS) is 11.8. The first-order chi connectivity index (χ1) is 9.58. The lowest BCUT2D eigenvalue weighted by atomic mass is 10.1. The van der Waals surface area contributed by atoms with E-state index in [2.05, 4.69) is 10.4 Å². The molecular formula is C13H12ClN3O3. The SMILES string of the molecule is O=C(Cn1cccn1)N[C@@H](C(=O)O)c1ccccc1Cl. The number of hydrogen-bond acceptors (Lipinski definition) is 3. The number of nitrogens with one attached hydrogen (secondary N) is 1. The van der Waals surface area contributed by atoms with Gasteiger partial charge in [0.15, 0.2) is 6.04 Å². The molecule has 1 aromatic carbocycles. The molecule has 0 aliphatic rings. The number of aromatic nitrogens is 2. The van der Waals surface area contributed by atoms with Gasteiger partial charge in [0, 0.05) is 23.0 Å². The van der Waals surface area contributed by atoms with Crippen molar-refractivity contribution in [2.75, 3.05) is 0 Å². The van der Waals surface area contributed by atoms with Crippen molar-refractivity contribution in [2.24, 2.45) is 0 Å². The number of carboxylic acid groups (broad SMARTS) is 1. The van der Waals surface area contributed by atoms with Crippen molar-refractivity contribution < 1.29 is 14.7 Å². The zero-order chi connectivity index (χ0) is 14.5. The molecule has 6 nitrogen and oxygen atoms in total. The smallest absolute Gasteiger partial charge is 0.330 e. The Hall–Kier alpha value is -2.34. The summed E-state index contributed by atoms with van der Waals surface area (Å²) >= 11 is 5.96. The molecule has 2 aromatic rings. The maximum Gasteiger partial charge on any atom is 0.330 e. The van der Waals surface area contributed by atoms with Crippen LogP contribution in [0.4, 0.5) is 0 Å². The lowest BCUT2D eigenvalue weighted by Gasteiger charge is -2.16. The van der Waals surface area contributed by atoms with Gasteiger partial charge in [-0.1, -0.05) is 29.8 Å². The van der Waals surface area contributed by atoms with Gasteiger partial charge in [0.25, 0.3) is 0 Å². The number of carbonyl (C=O) groups excluding carboxylic acids is 1. The minimum atomic E-state index is -1.19. The van der Waals surface area contributed by atoms with Gasteiger partial charge in [-0.25, -0.2) is 4.79 Å². The maximum absolute atomic E-state index is 11.8. The van der Waals surface area contributed by atoms with E-state index in [9.17, 15) is 14.7 Å². The number of halogens is 1. The highest BCUT2D eigenvalue weighted by atomic mass is 35.5. The highest BCUT2D eigenvalue weighted by Crippen LogP contribution is 2.22. The van der Waals surface area contributed by atoms with Crippen LogP contribution in [0.3, 0.4) is 0 Å². The second-order valence-corrected chi connectivity index (χ2v) is 4.47. The molecule has 0 unspecified atom stereocenters. The first kappa shape index (κ1) is 14.1. The third-order valence-corrected chi connectivity index (χ3v) is 2.98. The molecule has 0 saturated carbocycles. The number of hydrogen-bond donors (Lipinski definition) is 2. The monoisotopic (exact) mass is 293 g/mol. The van der Waals surface area contributed by atoms with Gasteiger partial charge in [-0.05, 0) is 12.1 Å². The zero-order valence-corrected chi connectivity index (χ0v) is 11.1. The van der Waals surface area contributed by atoms with Crippen LogP contribution in [-0.2, 0) is 16.1 Å². The summed E-state index contributed by atoms with van der Waals surface area (Å²) in [4.78, 5) is 23.1. The second-order valence-electron chi connectivity index (χ2n) is 4.06. The van der Waals surface area contributed by atoms with E-state index in [-0.39, 0.29) is 6.54 Å². The first-order valence-electron chi connectivity index (χ1n) is 5.82. The number of aliphatic carboxylic acids is 1. The van der Waals surface area contributed by atoms with Gasteiger partial charge in [0.2, 0.25) is 5.91 Å². The average molecular weight is 294 g/mol. The van der Waals surface area contributed by atoms with Crippen molar-refractivity contribution >= 4 is 23.5 Å². The van der Waals surface area contributed by atoms with Crippen LogP contribution in [0.15, 0.2) is 42.7 Å². The molecule has 104 valence electrons. The molecule has 0 aliphatic heterocycles. The Balaban J connectivity index is 2.12. The van der Waals surface area contributed by atoms with Crippen molar-refractivity contribution in [3.8, 4) is 0 Å². The lowest BCUT2D eigenvalue weighted by molar-refractivity contribution is -0.142. The number of nitrogens with zero attached hydrogens (tertiary/aromatic N) is 2. The third-order valence-electron chi connectivity index (χ3n) is 2.63. The molecule has 2 rings (SSSR count). The van der Waals surface area contributed by atoms with Gasteiger partial charge in [-0.2, -0.15) is 5.10 Å². The molecule has 7 heteroatoms. The summed E-state index contributed by atoms with van der Waals surface area (Å²) in [6.45, 7) is -0.0543. The standard InChI is InChI=1S/C13H12ClN3O3/c14-10-5-2-1-4-9(10)12(13(19)20)16-11(18)8-17-7-3-6-15-17/h1-7,12H,8H2,(H,16,18)(H,19,20)/t12-/m1/s1. The van der Waals surface area contributed by atoms with Crippen LogP contribution in [0, 0.1) is 0 Å². The molecule has 0 saturated heterocycles. The van der Waals surface area contributed by atoms with Crippen molar-refractivity contribution in [2.45, 2.75) is 12.6 Å². The summed E-state index contributed by atoms with van der Waals surface area (Å²) in [5, 5.41) is 15.8. The van der Waals surface area contributed by atoms with E-state index in [4.69, 9.17) is 11.6 Å². The van der Waals surface area contributed by atoms with Crippen LogP contribution in [0.2, 0.25) is 5.02 Å².